The number of nitrogens with one attached hydrogen (secondary N) is 2. The Hall–Kier alpha value is -4.18. The highest BCUT2D eigenvalue weighted by molar-refractivity contribution is 7.89. The van der Waals surface area contributed by atoms with Gasteiger partial charge in [-0.15, -0.1) is 0 Å². The average Bonchev–Trinajstić information content (AvgIpc) is 2.98. The van der Waals surface area contributed by atoms with Crippen LogP contribution in [0.3, 0.4) is 0 Å². The third-order valence-electron chi connectivity index (χ3n) is 6.23. The first-order valence-electron chi connectivity index (χ1n) is 13.3. The van der Waals surface area contributed by atoms with Crippen molar-refractivity contribution in [3.8, 4) is 11.5 Å². The summed E-state index contributed by atoms with van der Waals surface area (Å²) in [6.45, 7) is 4.46. The van der Waals surface area contributed by atoms with Crippen molar-refractivity contribution in [2.45, 2.75) is 37.8 Å². The minimum absolute atomic E-state index is 0.122. The molecule has 0 saturated carbocycles. The van der Waals surface area contributed by atoms with Crippen LogP contribution in [0.15, 0.2) is 107 Å². The van der Waals surface area contributed by atoms with E-state index in [2.05, 4.69) is 15.2 Å². The number of benzene rings is 4. The molecule has 0 aliphatic rings. The van der Waals surface area contributed by atoms with Gasteiger partial charge in [0.1, 0.15) is 6.61 Å². The standard InChI is InChI=1S/C32H32ClN3O5S/c1-3-40-31-19-24(15-18-30(31)41-22-26-11-7-8-12-28(26)33)21-34-35-32(37)20-29(25-9-5-4-6-10-25)36-42(38,39)27-16-13-23(2)14-17-27/h4-19,21,29,36H,3,20,22H2,1-2H3,(H,35,37)/b34-21-/t29-/m0/s1. The van der Waals surface area contributed by atoms with Crippen LogP contribution in [0, 0.1) is 6.92 Å². The van der Waals surface area contributed by atoms with Gasteiger partial charge < -0.3 is 9.47 Å². The third-order valence-corrected chi connectivity index (χ3v) is 8.09. The van der Waals surface area contributed by atoms with Crippen LogP contribution in [0.1, 0.15) is 41.6 Å². The lowest BCUT2D eigenvalue weighted by Crippen LogP contribution is -2.32. The molecule has 4 rings (SSSR count). The first-order chi connectivity index (χ1) is 20.2. The molecule has 4 aromatic rings. The quantitative estimate of drug-likeness (QED) is 0.140. The summed E-state index contributed by atoms with van der Waals surface area (Å²) in [7, 11) is -3.87. The Morgan fingerprint density at radius 1 is 0.929 bits per heavy atom. The Balaban J connectivity index is 1.42. The number of hydrogen-bond acceptors (Lipinski definition) is 6. The van der Waals surface area contributed by atoms with Crippen LogP contribution < -0.4 is 19.6 Å². The van der Waals surface area contributed by atoms with Crippen molar-refractivity contribution in [2.75, 3.05) is 6.61 Å². The number of halogens is 1. The second kappa shape index (κ2) is 14.6. The minimum Gasteiger partial charge on any atom is -0.490 e. The molecule has 10 heteroatoms. The van der Waals surface area contributed by atoms with Crippen LogP contribution in [0.2, 0.25) is 5.02 Å². The second-order valence-corrected chi connectivity index (χ2v) is 11.5. The Labute approximate surface area is 251 Å². The highest BCUT2D eigenvalue weighted by atomic mass is 35.5. The number of aryl methyl sites for hydroxylation is 1. The number of nitrogens with zero attached hydrogens (tertiary/aromatic N) is 1. The molecule has 0 radical (unpaired) electrons. The van der Waals surface area contributed by atoms with E-state index >= 15 is 0 Å². The zero-order valence-electron chi connectivity index (χ0n) is 23.3. The van der Waals surface area contributed by atoms with E-state index in [0.717, 1.165) is 11.1 Å². The van der Waals surface area contributed by atoms with Gasteiger partial charge in [0.2, 0.25) is 15.9 Å². The van der Waals surface area contributed by atoms with E-state index in [1.165, 1.54) is 18.3 Å². The van der Waals surface area contributed by atoms with Crippen molar-refractivity contribution in [1.29, 1.82) is 0 Å². The number of amides is 1. The van der Waals surface area contributed by atoms with Crippen molar-refractivity contribution in [2.24, 2.45) is 5.10 Å². The van der Waals surface area contributed by atoms with Crippen molar-refractivity contribution in [3.05, 3.63) is 124 Å². The molecule has 1 amide bonds. The molecule has 0 fully saturated rings. The van der Waals surface area contributed by atoms with Crippen LogP contribution in [0.25, 0.3) is 0 Å². The Morgan fingerprint density at radius 2 is 1.64 bits per heavy atom. The lowest BCUT2D eigenvalue weighted by Gasteiger charge is -2.18. The van der Waals surface area contributed by atoms with E-state index in [0.29, 0.717) is 34.3 Å². The van der Waals surface area contributed by atoms with E-state index in [-0.39, 0.29) is 17.9 Å². The van der Waals surface area contributed by atoms with Gasteiger partial charge in [-0.1, -0.05) is 77.8 Å². The molecule has 42 heavy (non-hydrogen) atoms. The zero-order chi connectivity index (χ0) is 30.0. The summed E-state index contributed by atoms with van der Waals surface area (Å²) in [5.74, 6) is 0.607. The number of carbonyl (C=O) groups excluding carboxylic acids is 1. The largest absolute Gasteiger partial charge is 0.490 e. The Bertz CT molecular complexity index is 1630. The maximum atomic E-state index is 13.1. The van der Waals surface area contributed by atoms with Crippen LogP contribution in [-0.4, -0.2) is 27.1 Å². The lowest BCUT2D eigenvalue weighted by molar-refractivity contribution is -0.121. The molecule has 0 saturated heterocycles. The maximum Gasteiger partial charge on any atom is 0.242 e. The lowest BCUT2D eigenvalue weighted by atomic mass is 10.0. The predicted octanol–water partition coefficient (Wildman–Crippen LogP) is 6.19. The van der Waals surface area contributed by atoms with E-state index in [1.807, 2.05) is 38.1 Å². The molecule has 0 aliphatic heterocycles. The van der Waals surface area contributed by atoms with E-state index in [4.69, 9.17) is 21.1 Å². The monoisotopic (exact) mass is 605 g/mol. The summed E-state index contributed by atoms with van der Waals surface area (Å²) < 4.78 is 40.5. The van der Waals surface area contributed by atoms with Crippen molar-refractivity contribution >= 4 is 33.7 Å². The van der Waals surface area contributed by atoms with Crippen LogP contribution >= 0.6 is 11.6 Å². The molecule has 1 atom stereocenters. The predicted molar refractivity (Wildman–Crippen MR) is 164 cm³/mol. The third kappa shape index (κ3) is 8.66. The maximum absolute atomic E-state index is 13.1. The van der Waals surface area contributed by atoms with Crippen LogP contribution in [0.4, 0.5) is 0 Å². The highest BCUT2D eigenvalue weighted by Gasteiger charge is 2.23. The number of carbonyl (C=O) groups is 1. The van der Waals surface area contributed by atoms with Gasteiger partial charge >= 0.3 is 0 Å². The molecule has 4 aromatic carbocycles. The summed E-state index contributed by atoms with van der Waals surface area (Å²) in [5.41, 5.74) is 5.61. The number of rotatable bonds is 13. The molecule has 0 spiro atoms. The second-order valence-electron chi connectivity index (χ2n) is 9.41. The fraction of sp³-hybridized carbons (Fsp3) is 0.188. The molecule has 0 bridgehead atoms. The van der Waals surface area contributed by atoms with Gasteiger partial charge in [0, 0.05) is 17.0 Å². The van der Waals surface area contributed by atoms with Gasteiger partial charge in [-0.3, -0.25) is 4.79 Å². The highest BCUT2D eigenvalue weighted by Crippen LogP contribution is 2.30. The summed E-state index contributed by atoms with van der Waals surface area (Å²) in [6.07, 6.45) is 1.32. The molecule has 218 valence electrons. The molecule has 8 nitrogen and oxygen atoms in total. The van der Waals surface area contributed by atoms with Gasteiger partial charge in [-0.05, 0) is 61.4 Å². The molecule has 0 aliphatic carbocycles. The summed E-state index contributed by atoms with van der Waals surface area (Å²) in [5, 5.41) is 4.69. The first kappa shape index (κ1) is 30.8. The smallest absolute Gasteiger partial charge is 0.242 e. The summed E-state index contributed by atoms with van der Waals surface area (Å²) in [4.78, 5) is 13.0. The van der Waals surface area contributed by atoms with Gasteiger partial charge in [-0.2, -0.15) is 5.10 Å². The van der Waals surface area contributed by atoms with E-state index in [1.54, 1.807) is 60.7 Å². The van der Waals surface area contributed by atoms with Gasteiger partial charge in [0.25, 0.3) is 0 Å². The number of sulfonamides is 1. The fourth-order valence-electron chi connectivity index (χ4n) is 4.06. The Kier molecular flexibility index (Phi) is 10.7. The van der Waals surface area contributed by atoms with Crippen LogP contribution in [-0.2, 0) is 21.4 Å². The van der Waals surface area contributed by atoms with Gasteiger partial charge in [0.05, 0.1) is 23.8 Å². The first-order valence-corrected chi connectivity index (χ1v) is 15.2. The van der Waals surface area contributed by atoms with Gasteiger partial charge in [0.15, 0.2) is 11.5 Å². The average molecular weight is 606 g/mol. The van der Waals surface area contributed by atoms with Crippen LogP contribution in [0.5, 0.6) is 11.5 Å². The topological polar surface area (TPSA) is 106 Å². The number of hydrazone groups is 1. The molecular formula is C32H32ClN3O5S. The normalized spacial score (nSPS) is 12.2. The summed E-state index contributed by atoms with van der Waals surface area (Å²) >= 11 is 6.23. The van der Waals surface area contributed by atoms with Crippen molar-refractivity contribution in [3.63, 3.8) is 0 Å². The van der Waals surface area contributed by atoms with Gasteiger partial charge in [-0.25, -0.2) is 18.6 Å². The molecule has 0 unspecified atom stereocenters. The molecule has 0 aromatic heterocycles. The van der Waals surface area contributed by atoms with Crippen molar-refractivity contribution in [1.82, 2.24) is 10.1 Å². The van der Waals surface area contributed by atoms with E-state index in [9.17, 15) is 13.2 Å². The molecule has 2 N–H and O–H groups in total. The molecule has 0 heterocycles. The van der Waals surface area contributed by atoms with Crippen molar-refractivity contribution < 1.29 is 22.7 Å². The Morgan fingerprint density at radius 3 is 2.36 bits per heavy atom. The minimum atomic E-state index is -3.87. The summed E-state index contributed by atoms with van der Waals surface area (Å²) in [6, 6.07) is 27.4. The van der Waals surface area contributed by atoms with E-state index < -0.39 is 22.0 Å². The number of hydrogen-bond donors (Lipinski definition) is 2. The molecular weight excluding hydrogens is 574 g/mol. The fourth-order valence-corrected chi connectivity index (χ4v) is 5.47. The SMILES string of the molecule is CCOc1cc(/C=N\NC(=O)C[C@H](NS(=O)(=O)c2ccc(C)cc2)c2ccccc2)ccc1OCc1ccccc1Cl. The zero-order valence-corrected chi connectivity index (χ0v) is 24.9. The number of ether oxygens (including phenoxy) is 2.